The average molecular weight is 332 g/mol. The number of carboxylic acids is 1. The van der Waals surface area contributed by atoms with Gasteiger partial charge < -0.3 is 14.9 Å². The van der Waals surface area contributed by atoms with Crippen LogP contribution in [0.2, 0.25) is 0 Å². The number of carboxylic acid groups (broad SMARTS) is 1. The Balaban J connectivity index is 1.55. The van der Waals surface area contributed by atoms with Crippen LogP contribution in [0.5, 0.6) is 0 Å². The monoisotopic (exact) mass is 332 g/mol. The summed E-state index contributed by atoms with van der Waals surface area (Å²) in [6.07, 6.45) is 4.43. The Morgan fingerprint density at radius 2 is 1.88 bits per heavy atom. The van der Waals surface area contributed by atoms with Crippen LogP contribution in [-0.2, 0) is 4.79 Å². The highest BCUT2D eigenvalue weighted by Gasteiger charge is 2.30. The van der Waals surface area contributed by atoms with Gasteiger partial charge in [0.15, 0.2) is 11.5 Å². The fourth-order valence-electron chi connectivity index (χ4n) is 3.68. The molecule has 3 rings (SSSR count). The average Bonchev–Trinajstić information content (AvgIpc) is 2.61. The number of aromatic nitrogens is 2. The zero-order chi connectivity index (χ0) is 17.1. The molecule has 1 amide bonds. The lowest BCUT2D eigenvalue weighted by Crippen LogP contribution is -2.51. The van der Waals surface area contributed by atoms with Crippen LogP contribution in [-0.4, -0.2) is 58.3 Å². The van der Waals surface area contributed by atoms with Gasteiger partial charge >= 0.3 is 5.97 Å². The topological polar surface area (TPSA) is 86.6 Å². The Bertz CT molecular complexity index is 596. The van der Waals surface area contributed by atoms with Crippen molar-refractivity contribution in [3.05, 3.63) is 17.8 Å². The summed E-state index contributed by atoms with van der Waals surface area (Å²) in [5.74, 6) is 0.727. The van der Waals surface area contributed by atoms with Gasteiger partial charge in [-0.3, -0.25) is 4.79 Å². The highest BCUT2D eigenvalue weighted by atomic mass is 16.4. The fraction of sp³-hybridized carbons (Fsp3) is 0.647. The molecule has 0 aromatic carbocycles. The molecule has 2 aliphatic rings. The minimum absolute atomic E-state index is 0.0565. The molecular weight excluding hydrogens is 308 g/mol. The SMILES string of the molecule is CC1CCCC(C(=O)N2CCN(c3ccc(C(=O)O)nn3)CC2)C1. The number of hydrogen-bond acceptors (Lipinski definition) is 5. The van der Waals surface area contributed by atoms with Gasteiger partial charge in [-0.25, -0.2) is 4.79 Å². The molecule has 24 heavy (non-hydrogen) atoms. The molecule has 1 aliphatic heterocycles. The fourth-order valence-corrected chi connectivity index (χ4v) is 3.68. The van der Waals surface area contributed by atoms with E-state index < -0.39 is 5.97 Å². The molecule has 1 saturated carbocycles. The molecule has 2 atom stereocenters. The van der Waals surface area contributed by atoms with Crippen LogP contribution in [0.3, 0.4) is 0 Å². The highest BCUT2D eigenvalue weighted by molar-refractivity contribution is 5.85. The van der Waals surface area contributed by atoms with Gasteiger partial charge in [0.2, 0.25) is 5.91 Å². The smallest absolute Gasteiger partial charge is 0.356 e. The highest BCUT2D eigenvalue weighted by Crippen LogP contribution is 2.30. The second-order valence-electron chi connectivity index (χ2n) is 6.86. The van der Waals surface area contributed by atoms with Crippen LogP contribution in [0.25, 0.3) is 0 Å². The van der Waals surface area contributed by atoms with E-state index in [2.05, 4.69) is 17.1 Å². The Hall–Kier alpha value is -2.18. The Morgan fingerprint density at radius 1 is 1.12 bits per heavy atom. The quantitative estimate of drug-likeness (QED) is 0.906. The van der Waals surface area contributed by atoms with E-state index in [9.17, 15) is 9.59 Å². The van der Waals surface area contributed by atoms with Crippen LogP contribution in [0.1, 0.15) is 43.1 Å². The van der Waals surface area contributed by atoms with Gasteiger partial charge in [0.25, 0.3) is 0 Å². The zero-order valence-electron chi connectivity index (χ0n) is 14.0. The van der Waals surface area contributed by atoms with Crippen molar-refractivity contribution in [1.29, 1.82) is 0 Å². The molecule has 2 fully saturated rings. The van der Waals surface area contributed by atoms with Gasteiger partial charge in [0, 0.05) is 32.1 Å². The zero-order valence-corrected chi connectivity index (χ0v) is 14.0. The van der Waals surface area contributed by atoms with Crippen molar-refractivity contribution in [1.82, 2.24) is 15.1 Å². The maximum absolute atomic E-state index is 12.7. The Morgan fingerprint density at radius 3 is 2.46 bits per heavy atom. The normalized spacial score (nSPS) is 24.7. The van der Waals surface area contributed by atoms with Gasteiger partial charge in [-0.15, -0.1) is 10.2 Å². The van der Waals surface area contributed by atoms with Crippen molar-refractivity contribution in [2.24, 2.45) is 11.8 Å². The first-order chi connectivity index (χ1) is 11.5. The van der Waals surface area contributed by atoms with E-state index in [4.69, 9.17) is 5.11 Å². The van der Waals surface area contributed by atoms with Crippen LogP contribution in [0.15, 0.2) is 12.1 Å². The van der Waals surface area contributed by atoms with Crippen LogP contribution in [0, 0.1) is 11.8 Å². The van der Waals surface area contributed by atoms with Gasteiger partial charge in [0.05, 0.1) is 0 Å². The largest absolute Gasteiger partial charge is 0.476 e. The summed E-state index contributed by atoms with van der Waals surface area (Å²) < 4.78 is 0. The molecule has 1 aromatic rings. The third kappa shape index (κ3) is 3.66. The Kier molecular flexibility index (Phi) is 4.97. The number of hydrogen-bond donors (Lipinski definition) is 1. The summed E-state index contributed by atoms with van der Waals surface area (Å²) >= 11 is 0. The minimum atomic E-state index is -1.08. The lowest BCUT2D eigenvalue weighted by molar-refractivity contribution is -0.137. The van der Waals surface area contributed by atoms with Gasteiger partial charge in [-0.2, -0.15) is 0 Å². The maximum atomic E-state index is 12.7. The predicted molar refractivity (Wildman–Crippen MR) is 88.9 cm³/mol. The van der Waals surface area contributed by atoms with Crippen molar-refractivity contribution < 1.29 is 14.7 Å². The van der Waals surface area contributed by atoms with Gasteiger partial charge in [0.1, 0.15) is 0 Å². The van der Waals surface area contributed by atoms with Crippen molar-refractivity contribution >= 4 is 17.7 Å². The lowest BCUT2D eigenvalue weighted by Gasteiger charge is -2.38. The number of anilines is 1. The molecule has 2 heterocycles. The molecule has 7 heteroatoms. The summed E-state index contributed by atoms with van der Waals surface area (Å²) in [7, 11) is 0. The van der Waals surface area contributed by atoms with E-state index in [0.717, 1.165) is 19.3 Å². The predicted octanol–water partition coefficient (Wildman–Crippen LogP) is 1.65. The van der Waals surface area contributed by atoms with E-state index in [0.29, 0.717) is 43.8 Å². The molecule has 0 spiro atoms. The van der Waals surface area contributed by atoms with Crippen molar-refractivity contribution in [3.63, 3.8) is 0 Å². The molecular formula is C17H24N4O3. The summed E-state index contributed by atoms with van der Waals surface area (Å²) in [4.78, 5) is 27.5. The number of aromatic carboxylic acids is 1. The molecule has 1 aromatic heterocycles. The van der Waals surface area contributed by atoms with Gasteiger partial charge in [-0.05, 0) is 30.9 Å². The van der Waals surface area contributed by atoms with E-state index in [1.54, 1.807) is 6.07 Å². The molecule has 1 aliphatic carbocycles. The first-order valence-electron chi connectivity index (χ1n) is 8.65. The lowest BCUT2D eigenvalue weighted by atomic mass is 9.81. The van der Waals surface area contributed by atoms with E-state index in [-0.39, 0.29) is 11.6 Å². The van der Waals surface area contributed by atoms with Crippen LogP contribution < -0.4 is 4.90 Å². The molecule has 130 valence electrons. The molecule has 1 saturated heterocycles. The van der Waals surface area contributed by atoms with Crippen molar-refractivity contribution in [2.75, 3.05) is 31.1 Å². The first-order valence-corrected chi connectivity index (χ1v) is 8.65. The summed E-state index contributed by atoms with van der Waals surface area (Å²) in [5.41, 5.74) is -0.0565. The van der Waals surface area contributed by atoms with Crippen molar-refractivity contribution in [3.8, 4) is 0 Å². The second-order valence-corrected chi connectivity index (χ2v) is 6.86. The standard InChI is InChI=1S/C17H24N4O3/c1-12-3-2-4-13(11-12)16(22)21-9-7-20(8-10-21)15-6-5-14(17(23)24)18-19-15/h5-6,12-13H,2-4,7-11H2,1H3,(H,23,24). The third-order valence-corrected chi connectivity index (χ3v) is 5.07. The van der Waals surface area contributed by atoms with Crippen LogP contribution >= 0.6 is 0 Å². The number of rotatable bonds is 3. The summed E-state index contributed by atoms with van der Waals surface area (Å²) in [6.45, 7) is 5.01. The van der Waals surface area contributed by atoms with Crippen LogP contribution in [0.4, 0.5) is 5.82 Å². The molecule has 2 unspecified atom stereocenters. The number of carbonyl (C=O) groups is 2. The first kappa shape index (κ1) is 16.7. The van der Waals surface area contributed by atoms with E-state index in [1.165, 1.54) is 12.5 Å². The maximum Gasteiger partial charge on any atom is 0.356 e. The summed E-state index contributed by atoms with van der Waals surface area (Å²) in [6, 6.07) is 3.14. The molecule has 7 nitrogen and oxygen atoms in total. The Labute approximate surface area is 141 Å². The number of nitrogens with zero attached hydrogens (tertiary/aromatic N) is 4. The van der Waals surface area contributed by atoms with E-state index >= 15 is 0 Å². The van der Waals surface area contributed by atoms with Crippen molar-refractivity contribution in [2.45, 2.75) is 32.6 Å². The number of carbonyl (C=O) groups excluding carboxylic acids is 1. The second kappa shape index (κ2) is 7.15. The third-order valence-electron chi connectivity index (χ3n) is 5.07. The number of amides is 1. The molecule has 0 radical (unpaired) electrons. The molecule has 0 bridgehead atoms. The summed E-state index contributed by atoms with van der Waals surface area (Å²) in [5, 5.41) is 16.6. The number of piperazine rings is 1. The van der Waals surface area contributed by atoms with Gasteiger partial charge in [-0.1, -0.05) is 19.8 Å². The minimum Gasteiger partial charge on any atom is -0.476 e. The molecule has 1 N–H and O–H groups in total. The van der Waals surface area contributed by atoms with E-state index in [1.807, 2.05) is 9.80 Å².